The van der Waals surface area contributed by atoms with E-state index in [9.17, 15) is 8.42 Å². The van der Waals surface area contributed by atoms with Crippen molar-refractivity contribution in [3.8, 4) is 12.1 Å². The van der Waals surface area contributed by atoms with Crippen LogP contribution in [0, 0.1) is 22.7 Å². The lowest BCUT2D eigenvalue weighted by Crippen LogP contribution is -2.00. The van der Waals surface area contributed by atoms with Crippen molar-refractivity contribution < 1.29 is 13.0 Å². The number of nitriles is 2. The van der Waals surface area contributed by atoms with Crippen LogP contribution in [0.2, 0.25) is 0 Å². The second-order valence-corrected chi connectivity index (χ2v) is 5.78. The molecule has 0 spiro atoms. The Morgan fingerprint density at radius 1 is 1.05 bits per heavy atom. The van der Waals surface area contributed by atoms with Gasteiger partial charge in [0.2, 0.25) is 0 Å². The van der Waals surface area contributed by atoms with Crippen LogP contribution in [0.5, 0.6) is 0 Å². The van der Waals surface area contributed by atoms with Gasteiger partial charge in [-0.3, -0.25) is 4.55 Å². The highest BCUT2D eigenvalue weighted by molar-refractivity contribution is 7.85. The van der Waals surface area contributed by atoms with Crippen LogP contribution in [0.4, 0.5) is 0 Å². The van der Waals surface area contributed by atoms with Crippen molar-refractivity contribution in [1.82, 2.24) is 0 Å². The summed E-state index contributed by atoms with van der Waals surface area (Å²) in [4.78, 5) is -0.199. The molecule has 0 aliphatic heterocycles. The Morgan fingerprint density at radius 2 is 1.76 bits per heavy atom. The smallest absolute Gasteiger partial charge is 0.282 e. The van der Waals surface area contributed by atoms with Gasteiger partial charge < -0.3 is 0 Å². The van der Waals surface area contributed by atoms with Gasteiger partial charge in [-0.2, -0.15) is 18.9 Å². The highest BCUT2D eigenvalue weighted by atomic mass is 32.2. The molecule has 5 nitrogen and oxygen atoms in total. The van der Waals surface area contributed by atoms with Gasteiger partial charge in [-0.05, 0) is 35.7 Å². The summed E-state index contributed by atoms with van der Waals surface area (Å²) in [5, 5.41) is 18.1. The lowest BCUT2D eigenvalue weighted by Gasteiger charge is -2.06. The van der Waals surface area contributed by atoms with Crippen LogP contribution in [-0.2, 0) is 16.5 Å². The van der Waals surface area contributed by atoms with Crippen LogP contribution in [0.3, 0.4) is 0 Å². The molecule has 0 heterocycles. The highest BCUT2D eigenvalue weighted by Crippen LogP contribution is 2.19. The fraction of sp³-hybridized carbons (Fsp3) is 0.0667. The van der Waals surface area contributed by atoms with Gasteiger partial charge in [0, 0.05) is 0 Å². The van der Waals surface area contributed by atoms with Gasteiger partial charge in [0.25, 0.3) is 10.1 Å². The van der Waals surface area contributed by atoms with Crippen LogP contribution in [0.1, 0.15) is 22.3 Å². The second-order valence-electron chi connectivity index (χ2n) is 4.36. The van der Waals surface area contributed by atoms with E-state index in [1.165, 1.54) is 18.2 Å². The van der Waals surface area contributed by atoms with Gasteiger partial charge in [-0.15, -0.1) is 0 Å². The molecular formula is C15H10N2O3S. The Kier molecular flexibility index (Phi) is 4.04. The van der Waals surface area contributed by atoms with Gasteiger partial charge in [0.15, 0.2) is 0 Å². The van der Waals surface area contributed by atoms with Gasteiger partial charge >= 0.3 is 0 Å². The monoisotopic (exact) mass is 298 g/mol. The first-order chi connectivity index (χ1) is 9.95. The minimum absolute atomic E-state index is 0.199. The van der Waals surface area contributed by atoms with E-state index in [0.29, 0.717) is 17.5 Å². The Bertz CT molecular complexity index is 875. The molecule has 21 heavy (non-hydrogen) atoms. The molecule has 6 heteroatoms. The molecule has 0 fully saturated rings. The van der Waals surface area contributed by atoms with Crippen molar-refractivity contribution in [3.63, 3.8) is 0 Å². The zero-order valence-electron chi connectivity index (χ0n) is 10.8. The topological polar surface area (TPSA) is 102 Å². The maximum absolute atomic E-state index is 11.1. The molecule has 0 aliphatic rings. The SMILES string of the molecule is N#Cc1cccc(Cc2cccc(S(=O)(=O)O)c2)c1C#N. The molecule has 0 unspecified atom stereocenters. The molecule has 104 valence electrons. The standard InChI is InChI=1S/C15H10N2O3S/c16-9-13-5-2-4-12(15(13)10-17)7-11-3-1-6-14(8-11)21(18,19)20/h1-6,8H,7H2,(H,18,19,20). The number of benzene rings is 2. The van der Waals surface area contributed by atoms with Crippen LogP contribution in [0.25, 0.3) is 0 Å². The predicted octanol–water partition coefficient (Wildman–Crippen LogP) is 2.27. The third kappa shape index (κ3) is 3.26. The molecule has 0 aromatic heterocycles. The minimum Gasteiger partial charge on any atom is -0.282 e. The molecule has 0 atom stereocenters. The van der Waals surface area contributed by atoms with E-state index in [-0.39, 0.29) is 16.0 Å². The van der Waals surface area contributed by atoms with Crippen LogP contribution in [-0.4, -0.2) is 13.0 Å². The molecular weight excluding hydrogens is 288 g/mol. The number of rotatable bonds is 3. The molecule has 0 saturated carbocycles. The van der Waals surface area contributed by atoms with Crippen LogP contribution < -0.4 is 0 Å². The summed E-state index contributed by atoms with van der Waals surface area (Å²) >= 11 is 0. The van der Waals surface area contributed by atoms with E-state index in [0.717, 1.165) is 0 Å². The molecule has 2 aromatic rings. The first-order valence-corrected chi connectivity index (χ1v) is 7.38. The first-order valence-electron chi connectivity index (χ1n) is 5.94. The maximum atomic E-state index is 11.1. The van der Waals surface area contributed by atoms with Crippen LogP contribution >= 0.6 is 0 Å². The van der Waals surface area contributed by atoms with Crippen molar-refractivity contribution in [1.29, 1.82) is 10.5 Å². The first kappa shape index (κ1) is 14.7. The highest BCUT2D eigenvalue weighted by Gasteiger charge is 2.12. The number of hydrogen-bond acceptors (Lipinski definition) is 4. The molecule has 0 saturated heterocycles. The van der Waals surface area contributed by atoms with Gasteiger partial charge in [0.1, 0.15) is 12.1 Å². The largest absolute Gasteiger partial charge is 0.294 e. The maximum Gasteiger partial charge on any atom is 0.294 e. The zero-order valence-corrected chi connectivity index (χ0v) is 11.6. The molecule has 2 aromatic carbocycles. The zero-order chi connectivity index (χ0) is 15.5. The molecule has 1 N–H and O–H groups in total. The lowest BCUT2D eigenvalue weighted by atomic mass is 9.97. The average molecular weight is 298 g/mol. The Morgan fingerprint density at radius 3 is 2.38 bits per heavy atom. The number of nitrogens with zero attached hydrogens (tertiary/aromatic N) is 2. The van der Waals surface area contributed by atoms with Gasteiger partial charge in [-0.1, -0.05) is 24.3 Å². The van der Waals surface area contributed by atoms with E-state index in [4.69, 9.17) is 15.1 Å². The van der Waals surface area contributed by atoms with Crippen molar-refractivity contribution in [2.45, 2.75) is 11.3 Å². The van der Waals surface area contributed by atoms with Crippen molar-refractivity contribution >= 4 is 10.1 Å². The third-order valence-corrected chi connectivity index (χ3v) is 3.82. The lowest BCUT2D eigenvalue weighted by molar-refractivity contribution is 0.483. The quantitative estimate of drug-likeness (QED) is 0.876. The second kappa shape index (κ2) is 5.76. The van der Waals surface area contributed by atoms with Crippen molar-refractivity contribution in [2.75, 3.05) is 0 Å². The summed E-state index contributed by atoms with van der Waals surface area (Å²) in [6.07, 6.45) is 0.293. The molecule has 0 amide bonds. The molecule has 0 aliphatic carbocycles. The summed E-state index contributed by atoms with van der Waals surface area (Å²) in [5.74, 6) is 0. The molecule has 0 radical (unpaired) electrons. The van der Waals surface area contributed by atoms with E-state index in [2.05, 4.69) is 0 Å². The molecule has 2 rings (SSSR count). The molecule has 0 bridgehead atoms. The summed E-state index contributed by atoms with van der Waals surface area (Å²) in [5.41, 5.74) is 1.80. The fourth-order valence-corrected chi connectivity index (χ4v) is 2.56. The summed E-state index contributed by atoms with van der Waals surface area (Å²) in [6.45, 7) is 0. The minimum atomic E-state index is -4.26. The summed E-state index contributed by atoms with van der Waals surface area (Å²) < 4.78 is 31.3. The third-order valence-electron chi connectivity index (χ3n) is 2.97. The number of hydrogen-bond donors (Lipinski definition) is 1. The van der Waals surface area contributed by atoms with Crippen molar-refractivity contribution in [2.24, 2.45) is 0 Å². The average Bonchev–Trinajstić information content (AvgIpc) is 2.46. The Labute approximate surface area is 122 Å². The normalized spacial score (nSPS) is 10.6. The Balaban J connectivity index is 2.45. The van der Waals surface area contributed by atoms with Crippen LogP contribution in [0.15, 0.2) is 47.4 Å². The van der Waals surface area contributed by atoms with E-state index in [1.807, 2.05) is 12.1 Å². The Hall–Kier alpha value is -2.67. The van der Waals surface area contributed by atoms with E-state index in [1.54, 1.807) is 24.3 Å². The summed E-state index contributed by atoms with van der Waals surface area (Å²) in [6, 6.07) is 14.7. The fourth-order valence-electron chi connectivity index (χ4n) is 2.01. The predicted molar refractivity (Wildman–Crippen MR) is 74.9 cm³/mol. The van der Waals surface area contributed by atoms with Gasteiger partial charge in [0.05, 0.1) is 16.0 Å². The van der Waals surface area contributed by atoms with Crippen molar-refractivity contribution in [3.05, 3.63) is 64.7 Å². The summed E-state index contributed by atoms with van der Waals surface area (Å²) in [7, 11) is -4.26. The van der Waals surface area contributed by atoms with E-state index >= 15 is 0 Å². The van der Waals surface area contributed by atoms with Gasteiger partial charge in [-0.25, -0.2) is 0 Å². The van der Waals surface area contributed by atoms with E-state index < -0.39 is 10.1 Å².